The smallest absolute Gasteiger partial charge is 0.0233 e. The highest BCUT2D eigenvalue weighted by molar-refractivity contribution is 5.21. The van der Waals surface area contributed by atoms with E-state index in [-0.39, 0.29) is 0 Å². The fraction of sp³-hybridized carbons (Fsp3) is 0.600. The fourth-order valence-electron chi connectivity index (χ4n) is 3.21. The van der Waals surface area contributed by atoms with Crippen molar-refractivity contribution in [2.45, 2.75) is 19.9 Å². The molecular formula is C15H22N2. The molecule has 0 bridgehead atoms. The van der Waals surface area contributed by atoms with Crippen molar-refractivity contribution in [2.75, 3.05) is 26.2 Å². The third-order valence-electron chi connectivity index (χ3n) is 4.32. The zero-order chi connectivity index (χ0) is 11.7. The summed E-state index contributed by atoms with van der Waals surface area (Å²) in [5.74, 6) is 1.85. The van der Waals surface area contributed by atoms with E-state index in [4.69, 9.17) is 0 Å². The number of fused-ring (bicyclic) bond motifs is 1. The molecule has 2 heterocycles. The van der Waals surface area contributed by atoms with E-state index in [2.05, 4.69) is 41.4 Å². The molecule has 0 aromatic heterocycles. The van der Waals surface area contributed by atoms with E-state index < -0.39 is 0 Å². The molecule has 0 radical (unpaired) electrons. The number of piperidine rings is 1. The van der Waals surface area contributed by atoms with Gasteiger partial charge in [-0.2, -0.15) is 0 Å². The second-order valence-corrected chi connectivity index (χ2v) is 5.69. The molecule has 0 spiro atoms. The van der Waals surface area contributed by atoms with Crippen LogP contribution in [0.25, 0.3) is 0 Å². The van der Waals surface area contributed by atoms with E-state index in [0.29, 0.717) is 0 Å². The number of benzene rings is 1. The lowest BCUT2D eigenvalue weighted by atomic mass is 9.88. The SMILES string of the molecule is Cc1ccc(CN2CCC3CNCC3C2)cc1. The molecule has 2 aliphatic heterocycles. The van der Waals surface area contributed by atoms with Crippen molar-refractivity contribution in [1.82, 2.24) is 10.2 Å². The van der Waals surface area contributed by atoms with Gasteiger partial charge in [-0.25, -0.2) is 0 Å². The summed E-state index contributed by atoms with van der Waals surface area (Å²) in [5, 5.41) is 3.53. The van der Waals surface area contributed by atoms with Gasteiger partial charge < -0.3 is 5.32 Å². The Morgan fingerprint density at radius 1 is 1.18 bits per heavy atom. The molecule has 0 amide bonds. The molecule has 17 heavy (non-hydrogen) atoms. The van der Waals surface area contributed by atoms with Gasteiger partial charge in [-0.3, -0.25) is 4.90 Å². The van der Waals surface area contributed by atoms with Crippen LogP contribution in [0.5, 0.6) is 0 Å². The minimum atomic E-state index is 0.897. The molecule has 2 nitrogen and oxygen atoms in total. The van der Waals surface area contributed by atoms with Gasteiger partial charge in [-0.05, 0) is 50.4 Å². The van der Waals surface area contributed by atoms with Gasteiger partial charge in [0.2, 0.25) is 0 Å². The standard InChI is InChI=1S/C15H22N2/c1-12-2-4-13(5-3-12)10-17-7-6-14-8-16-9-15(14)11-17/h2-5,14-16H,6-11H2,1H3. The maximum absolute atomic E-state index is 3.53. The molecule has 1 N–H and O–H groups in total. The quantitative estimate of drug-likeness (QED) is 0.836. The van der Waals surface area contributed by atoms with Crippen LogP contribution in [0.15, 0.2) is 24.3 Å². The molecule has 2 atom stereocenters. The van der Waals surface area contributed by atoms with Crippen molar-refractivity contribution < 1.29 is 0 Å². The lowest BCUT2D eigenvalue weighted by molar-refractivity contribution is 0.142. The minimum absolute atomic E-state index is 0.897. The van der Waals surface area contributed by atoms with Gasteiger partial charge in [0.1, 0.15) is 0 Å². The van der Waals surface area contributed by atoms with Crippen LogP contribution in [0.1, 0.15) is 17.5 Å². The molecule has 3 rings (SSSR count). The van der Waals surface area contributed by atoms with Crippen molar-refractivity contribution in [3.8, 4) is 0 Å². The number of hydrogen-bond donors (Lipinski definition) is 1. The third kappa shape index (κ3) is 2.53. The molecular weight excluding hydrogens is 208 g/mol. The van der Waals surface area contributed by atoms with Crippen LogP contribution in [0.2, 0.25) is 0 Å². The lowest BCUT2D eigenvalue weighted by Gasteiger charge is -2.34. The number of hydrogen-bond acceptors (Lipinski definition) is 2. The largest absolute Gasteiger partial charge is 0.316 e. The molecule has 2 heteroatoms. The predicted octanol–water partition coefficient (Wildman–Crippen LogP) is 2.04. The van der Waals surface area contributed by atoms with Gasteiger partial charge in [0.05, 0.1) is 0 Å². The van der Waals surface area contributed by atoms with Gasteiger partial charge in [-0.15, -0.1) is 0 Å². The zero-order valence-corrected chi connectivity index (χ0v) is 10.7. The highest BCUT2D eigenvalue weighted by Crippen LogP contribution is 2.27. The summed E-state index contributed by atoms with van der Waals surface area (Å²) in [6.07, 6.45) is 1.38. The van der Waals surface area contributed by atoms with Crippen molar-refractivity contribution >= 4 is 0 Å². The number of rotatable bonds is 2. The second kappa shape index (κ2) is 4.79. The molecule has 0 aliphatic carbocycles. The van der Waals surface area contributed by atoms with Gasteiger partial charge in [-0.1, -0.05) is 29.8 Å². The van der Waals surface area contributed by atoms with Gasteiger partial charge in [0.25, 0.3) is 0 Å². The summed E-state index contributed by atoms with van der Waals surface area (Å²) < 4.78 is 0. The van der Waals surface area contributed by atoms with Crippen LogP contribution >= 0.6 is 0 Å². The van der Waals surface area contributed by atoms with Crippen molar-refractivity contribution in [3.05, 3.63) is 35.4 Å². The monoisotopic (exact) mass is 230 g/mol. The molecule has 2 fully saturated rings. The van der Waals surface area contributed by atoms with Crippen molar-refractivity contribution in [2.24, 2.45) is 11.8 Å². The van der Waals surface area contributed by atoms with E-state index in [0.717, 1.165) is 18.4 Å². The average molecular weight is 230 g/mol. The van der Waals surface area contributed by atoms with Gasteiger partial charge in [0, 0.05) is 13.1 Å². The molecule has 1 aromatic rings. The topological polar surface area (TPSA) is 15.3 Å². The summed E-state index contributed by atoms with van der Waals surface area (Å²) in [6, 6.07) is 8.99. The summed E-state index contributed by atoms with van der Waals surface area (Å²) in [6.45, 7) is 8.32. The van der Waals surface area contributed by atoms with E-state index in [1.807, 2.05) is 0 Å². The molecule has 2 saturated heterocycles. The van der Waals surface area contributed by atoms with Crippen LogP contribution in [-0.2, 0) is 6.54 Å². The first-order chi connectivity index (χ1) is 8.31. The predicted molar refractivity (Wildman–Crippen MR) is 70.9 cm³/mol. The first kappa shape index (κ1) is 11.2. The fourth-order valence-corrected chi connectivity index (χ4v) is 3.21. The Morgan fingerprint density at radius 2 is 1.94 bits per heavy atom. The van der Waals surface area contributed by atoms with Gasteiger partial charge in [0.15, 0.2) is 0 Å². The maximum Gasteiger partial charge on any atom is 0.0233 e. The Balaban J connectivity index is 1.60. The Bertz CT molecular complexity index is 371. The van der Waals surface area contributed by atoms with E-state index >= 15 is 0 Å². The number of nitrogens with zero attached hydrogens (tertiary/aromatic N) is 1. The summed E-state index contributed by atoms with van der Waals surface area (Å²) in [4.78, 5) is 2.62. The Hall–Kier alpha value is -0.860. The second-order valence-electron chi connectivity index (χ2n) is 5.69. The van der Waals surface area contributed by atoms with E-state index in [1.165, 1.54) is 43.7 Å². The molecule has 92 valence electrons. The van der Waals surface area contributed by atoms with Gasteiger partial charge >= 0.3 is 0 Å². The maximum atomic E-state index is 3.53. The third-order valence-corrected chi connectivity index (χ3v) is 4.32. The normalized spacial score (nSPS) is 29.2. The number of nitrogens with one attached hydrogen (secondary N) is 1. The summed E-state index contributed by atoms with van der Waals surface area (Å²) >= 11 is 0. The van der Waals surface area contributed by atoms with Crippen LogP contribution < -0.4 is 5.32 Å². The van der Waals surface area contributed by atoms with Crippen LogP contribution in [0.4, 0.5) is 0 Å². The number of likely N-dealkylation sites (tertiary alicyclic amines) is 1. The Morgan fingerprint density at radius 3 is 2.76 bits per heavy atom. The first-order valence-electron chi connectivity index (χ1n) is 6.80. The first-order valence-corrected chi connectivity index (χ1v) is 6.80. The van der Waals surface area contributed by atoms with Crippen molar-refractivity contribution in [1.29, 1.82) is 0 Å². The van der Waals surface area contributed by atoms with E-state index in [1.54, 1.807) is 0 Å². The van der Waals surface area contributed by atoms with Crippen LogP contribution in [0.3, 0.4) is 0 Å². The summed E-state index contributed by atoms with van der Waals surface area (Å²) in [5.41, 5.74) is 2.81. The summed E-state index contributed by atoms with van der Waals surface area (Å²) in [7, 11) is 0. The Labute approximate surface area is 104 Å². The molecule has 2 unspecified atom stereocenters. The molecule has 1 aromatic carbocycles. The van der Waals surface area contributed by atoms with E-state index in [9.17, 15) is 0 Å². The molecule has 0 saturated carbocycles. The lowest BCUT2D eigenvalue weighted by Crippen LogP contribution is -2.39. The average Bonchev–Trinajstić information content (AvgIpc) is 2.79. The Kier molecular flexibility index (Phi) is 3.17. The number of aryl methyl sites for hydroxylation is 1. The minimum Gasteiger partial charge on any atom is -0.316 e. The van der Waals surface area contributed by atoms with Crippen LogP contribution in [-0.4, -0.2) is 31.1 Å². The van der Waals surface area contributed by atoms with Crippen molar-refractivity contribution in [3.63, 3.8) is 0 Å². The highest BCUT2D eigenvalue weighted by Gasteiger charge is 2.32. The molecule has 2 aliphatic rings. The van der Waals surface area contributed by atoms with Crippen LogP contribution in [0, 0.1) is 18.8 Å². The highest BCUT2D eigenvalue weighted by atomic mass is 15.1. The zero-order valence-electron chi connectivity index (χ0n) is 10.7.